The van der Waals surface area contributed by atoms with Gasteiger partial charge < -0.3 is 10.6 Å². The van der Waals surface area contributed by atoms with Crippen LogP contribution in [0.15, 0.2) is 0 Å². The molecule has 0 radical (unpaired) electrons. The Morgan fingerprint density at radius 1 is 1.06 bits per heavy atom. The van der Waals surface area contributed by atoms with Crippen LogP contribution < -0.4 is 5.73 Å². The smallest absolute Gasteiger partial charge is 0.0112 e. The maximum atomic E-state index is 5.92. The van der Waals surface area contributed by atoms with Gasteiger partial charge in [-0.05, 0) is 51.7 Å². The number of piperidine rings is 1. The molecule has 2 heterocycles. The number of nitrogens with two attached hydrogens (primary N) is 1. The molecule has 0 saturated carbocycles. The van der Waals surface area contributed by atoms with E-state index >= 15 is 0 Å². The standard InChI is InChI=1S/C13H27N3/c1-2-13-4-3-7-16(13)11-10-15-8-5-12(14)6-9-15/h12-13H,2-11,14H2,1H3. The summed E-state index contributed by atoms with van der Waals surface area (Å²) in [4.78, 5) is 5.28. The molecule has 2 N–H and O–H groups in total. The monoisotopic (exact) mass is 225 g/mol. The van der Waals surface area contributed by atoms with E-state index < -0.39 is 0 Å². The van der Waals surface area contributed by atoms with Gasteiger partial charge in [-0.3, -0.25) is 4.90 Å². The predicted molar refractivity (Wildman–Crippen MR) is 68.5 cm³/mol. The fraction of sp³-hybridized carbons (Fsp3) is 1.00. The van der Waals surface area contributed by atoms with Gasteiger partial charge in [0.15, 0.2) is 0 Å². The van der Waals surface area contributed by atoms with Crippen LogP contribution in [0.4, 0.5) is 0 Å². The molecule has 0 spiro atoms. The number of hydrogen-bond donors (Lipinski definition) is 1. The second-order valence-electron chi connectivity index (χ2n) is 5.42. The van der Waals surface area contributed by atoms with Crippen molar-refractivity contribution in [3.05, 3.63) is 0 Å². The molecule has 0 aromatic heterocycles. The van der Waals surface area contributed by atoms with Crippen LogP contribution in [0, 0.1) is 0 Å². The molecule has 16 heavy (non-hydrogen) atoms. The molecule has 2 fully saturated rings. The van der Waals surface area contributed by atoms with Crippen molar-refractivity contribution in [3.63, 3.8) is 0 Å². The number of nitrogens with zero attached hydrogens (tertiary/aromatic N) is 2. The van der Waals surface area contributed by atoms with E-state index in [1.54, 1.807) is 0 Å². The molecular weight excluding hydrogens is 198 g/mol. The van der Waals surface area contributed by atoms with Crippen LogP contribution in [-0.2, 0) is 0 Å². The fourth-order valence-electron chi connectivity index (χ4n) is 3.10. The first-order chi connectivity index (χ1) is 7.79. The van der Waals surface area contributed by atoms with Crippen LogP contribution in [0.25, 0.3) is 0 Å². The Bertz CT molecular complexity index is 199. The van der Waals surface area contributed by atoms with Crippen molar-refractivity contribution >= 4 is 0 Å². The fourth-order valence-corrected chi connectivity index (χ4v) is 3.10. The molecule has 94 valence electrons. The SMILES string of the molecule is CCC1CCCN1CCN1CCC(N)CC1. The predicted octanol–water partition coefficient (Wildman–Crippen LogP) is 1.28. The first-order valence-electron chi connectivity index (χ1n) is 7.01. The molecule has 0 aromatic rings. The van der Waals surface area contributed by atoms with Crippen molar-refractivity contribution in [2.24, 2.45) is 5.73 Å². The maximum Gasteiger partial charge on any atom is 0.0112 e. The van der Waals surface area contributed by atoms with Crippen molar-refractivity contribution in [2.75, 3.05) is 32.7 Å². The minimum atomic E-state index is 0.464. The zero-order chi connectivity index (χ0) is 11.4. The summed E-state index contributed by atoms with van der Waals surface area (Å²) in [5, 5.41) is 0. The van der Waals surface area contributed by atoms with E-state index in [0.717, 1.165) is 6.04 Å². The van der Waals surface area contributed by atoms with Gasteiger partial charge in [-0.25, -0.2) is 0 Å². The van der Waals surface area contributed by atoms with Gasteiger partial charge in [-0.2, -0.15) is 0 Å². The second kappa shape index (κ2) is 5.99. The van der Waals surface area contributed by atoms with Gasteiger partial charge in [-0.1, -0.05) is 6.92 Å². The minimum absolute atomic E-state index is 0.464. The first kappa shape index (κ1) is 12.3. The highest BCUT2D eigenvalue weighted by Gasteiger charge is 2.23. The van der Waals surface area contributed by atoms with E-state index in [-0.39, 0.29) is 0 Å². The Morgan fingerprint density at radius 2 is 1.81 bits per heavy atom. The molecule has 0 aromatic carbocycles. The molecule has 2 aliphatic rings. The van der Waals surface area contributed by atoms with Crippen molar-refractivity contribution in [2.45, 2.75) is 51.1 Å². The van der Waals surface area contributed by atoms with Crippen LogP contribution in [0.1, 0.15) is 39.0 Å². The molecule has 3 heteroatoms. The number of rotatable bonds is 4. The van der Waals surface area contributed by atoms with E-state index in [9.17, 15) is 0 Å². The highest BCUT2D eigenvalue weighted by molar-refractivity contribution is 4.80. The molecule has 0 amide bonds. The van der Waals surface area contributed by atoms with Gasteiger partial charge in [-0.15, -0.1) is 0 Å². The van der Waals surface area contributed by atoms with Gasteiger partial charge in [0.2, 0.25) is 0 Å². The molecular formula is C13H27N3. The summed E-state index contributed by atoms with van der Waals surface area (Å²) in [5.41, 5.74) is 5.92. The summed E-state index contributed by atoms with van der Waals surface area (Å²) in [5.74, 6) is 0. The summed E-state index contributed by atoms with van der Waals surface area (Å²) in [6, 6.07) is 1.33. The molecule has 2 saturated heterocycles. The Hall–Kier alpha value is -0.120. The Morgan fingerprint density at radius 3 is 2.50 bits per heavy atom. The molecule has 1 unspecified atom stereocenters. The highest BCUT2D eigenvalue weighted by atomic mass is 15.2. The molecule has 0 aliphatic carbocycles. The van der Waals surface area contributed by atoms with E-state index in [2.05, 4.69) is 16.7 Å². The van der Waals surface area contributed by atoms with E-state index in [4.69, 9.17) is 5.73 Å². The van der Waals surface area contributed by atoms with Crippen LogP contribution in [0.2, 0.25) is 0 Å². The van der Waals surface area contributed by atoms with Crippen LogP contribution in [0.5, 0.6) is 0 Å². The average molecular weight is 225 g/mol. The first-order valence-corrected chi connectivity index (χ1v) is 7.01. The second-order valence-corrected chi connectivity index (χ2v) is 5.42. The van der Waals surface area contributed by atoms with Crippen molar-refractivity contribution in [3.8, 4) is 0 Å². The molecule has 3 nitrogen and oxygen atoms in total. The van der Waals surface area contributed by atoms with E-state index in [1.807, 2.05) is 0 Å². The van der Waals surface area contributed by atoms with Gasteiger partial charge in [0.05, 0.1) is 0 Å². The third-order valence-electron chi connectivity index (χ3n) is 4.31. The highest BCUT2D eigenvalue weighted by Crippen LogP contribution is 2.19. The summed E-state index contributed by atoms with van der Waals surface area (Å²) < 4.78 is 0. The van der Waals surface area contributed by atoms with E-state index in [1.165, 1.54) is 64.8 Å². The van der Waals surface area contributed by atoms with E-state index in [0.29, 0.717) is 6.04 Å². The van der Waals surface area contributed by atoms with Crippen LogP contribution in [-0.4, -0.2) is 54.6 Å². The van der Waals surface area contributed by atoms with Gasteiger partial charge in [0.25, 0.3) is 0 Å². The van der Waals surface area contributed by atoms with Crippen molar-refractivity contribution in [1.82, 2.24) is 9.80 Å². The van der Waals surface area contributed by atoms with Crippen molar-refractivity contribution < 1.29 is 0 Å². The van der Waals surface area contributed by atoms with Gasteiger partial charge in [0.1, 0.15) is 0 Å². The minimum Gasteiger partial charge on any atom is -0.328 e. The zero-order valence-electron chi connectivity index (χ0n) is 10.7. The van der Waals surface area contributed by atoms with Crippen molar-refractivity contribution in [1.29, 1.82) is 0 Å². The van der Waals surface area contributed by atoms with Gasteiger partial charge in [0, 0.05) is 25.2 Å². The summed E-state index contributed by atoms with van der Waals surface area (Å²) in [6.45, 7) is 8.60. The quantitative estimate of drug-likeness (QED) is 0.782. The average Bonchev–Trinajstić information content (AvgIpc) is 2.76. The van der Waals surface area contributed by atoms with Crippen LogP contribution >= 0.6 is 0 Å². The summed E-state index contributed by atoms with van der Waals surface area (Å²) in [7, 11) is 0. The number of hydrogen-bond acceptors (Lipinski definition) is 3. The Balaban J connectivity index is 1.67. The lowest BCUT2D eigenvalue weighted by Crippen LogP contribution is -2.43. The van der Waals surface area contributed by atoms with Gasteiger partial charge >= 0.3 is 0 Å². The largest absolute Gasteiger partial charge is 0.328 e. The molecule has 1 atom stereocenters. The zero-order valence-corrected chi connectivity index (χ0v) is 10.7. The molecule has 2 rings (SSSR count). The maximum absolute atomic E-state index is 5.92. The number of likely N-dealkylation sites (tertiary alicyclic amines) is 2. The molecule has 2 aliphatic heterocycles. The lowest BCUT2D eigenvalue weighted by atomic mass is 10.1. The summed E-state index contributed by atoms with van der Waals surface area (Å²) >= 11 is 0. The van der Waals surface area contributed by atoms with Crippen LogP contribution in [0.3, 0.4) is 0 Å². The normalized spacial score (nSPS) is 30.0. The Labute approximate surface area is 100.0 Å². The Kier molecular flexibility index (Phi) is 4.62. The molecule has 0 bridgehead atoms. The third kappa shape index (κ3) is 3.19. The third-order valence-corrected chi connectivity index (χ3v) is 4.31. The lowest BCUT2D eigenvalue weighted by molar-refractivity contribution is 0.165. The summed E-state index contributed by atoms with van der Waals surface area (Å²) in [6.07, 6.45) is 6.53. The topological polar surface area (TPSA) is 32.5 Å². The lowest BCUT2D eigenvalue weighted by Gasteiger charge is -2.32.